The van der Waals surface area contributed by atoms with Crippen LogP contribution in [-0.4, -0.2) is 70.5 Å². The minimum Gasteiger partial charge on any atom is -0.497 e. The molecule has 0 atom stereocenters. The number of amides is 1. The largest absolute Gasteiger partial charge is 0.497 e. The van der Waals surface area contributed by atoms with Gasteiger partial charge in [-0.25, -0.2) is 8.42 Å². The van der Waals surface area contributed by atoms with Crippen LogP contribution in [0.1, 0.15) is 6.42 Å². The van der Waals surface area contributed by atoms with Crippen LogP contribution in [0.25, 0.3) is 0 Å². The molecule has 1 heterocycles. The number of benzene rings is 2. The summed E-state index contributed by atoms with van der Waals surface area (Å²) in [6, 6.07) is 11.3. The van der Waals surface area contributed by atoms with Gasteiger partial charge in [0.25, 0.3) is 0 Å². The van der Waals surface area contributed by atoms with Crippen LogP contribution in [0, 0.1) is 0 Å². The number of nitrogens with zero attached hydrogens (tertiary/aromatic N) is 2. The molecule has 0 aliphatic carbocycles. The van der Waals surface area contributed by atoms with Crippen LogP contribution in [-0.2, 0) is 14.8 Å². The topological polar surface area (TPSA) is 88.2 Å². The number of nitrogens with one attached hydrogen (secondary N) is 1. The minimum atomic E-state index is -3.60. The number of hydrogen-bond acceptors (Lipinski definition) is 6. The van der Waals surface area contributed by atoms with Crippen LogP contribution in [0.5, 0.6) is 11.5 Å². The lowest BCUT2D eigenvalue weighted by Gasteiger charge is -2.21. The Morgan fingerprint density at radius 1 is 1.03 bits per heavy atom. The first kappa shape index (κ1) is 23.3. The summed E-state index contributed by atoms with van der Waals surface area (Å²) in [4.78, 5) is 14.7. The molecule has 1 N–H and O–H groups in total. The molecular weight excluding hydrogens is 442 g/mol. The monoisotopic (exact) mass is 467 g/mol. The first-order valence-corrected chi connectivity index (χ1v) is 11.7. The van der Waals surface area contributed by atoms with Crippen molar-refractivity contribution in [2.24, 2.45) is 0 Å². The maximum Gasteiger partial charge on any atom is 0.243 e. The number of halogens is 1. The number of hydrogen-bond donors (Lipinski definition) is 1. The van der Waals surface area contributed by atoms with Gasteiger partial charge in [0.05, 0.1) is 31.3 Å². The fraction of sp³-hybridized carbons (Fsp3) is 0.381. The Hall–Kier alpha value is -2.33. The van der Waals surface area contributed by atoms with Crippen LogP contribution in [0.3, 0.4) is 0 Å². The van der Waals surface area contributed by atoms with E-state index in [1.54, 1.807) is 37.4 Å². The van der Waals surface area contributed by atoms with Crippen molar-refractivity contribution in [2.45, 2.75) is 11.3 Å². The Bertz CT molecular complexity index is 1010. The lowest BCUT2D eigenvalue weighted by atomic mass is 10.2. The molecule has 1 aliphatic rings. The summed E-state index contributed by atoms with van der Waals surface area (Å²) in [7, 11) is -0.518. The highest BCUT2D eigenvalue weighted by Gasteiger charge is 2.27. The second-order valence-corrected chi connectivity index (χ2v) is 9.48. The van der Waals surface area contributed by atoms with E-state index in [0.29, 0.717) is 54.8 Å². The standard InChI is InChI=1S/C21H26ClN3O5S/c1-29-17-6-9-19(20(14-17)30-2)23-21(26)15-24-10-3-11-25(13-12-24)31(27,28)18-7-4-16(22)5-8-18/h4-9,14H,3,10-13,15H2,1-2H3,(H,23,26). The van der Waals surface area contributed by atoms with E-state index in [0.717, 1.165) is 0 Å². The summed E-state index contributed by atoms with van der Waals surface area (Å²) in [6.45, 7) is 1.95. The zero-order valence-corrected chi connectivity index (χ0v) is 19.1. The Labute approximate surface area is 187 Å². The van der Waals surface area contributed by atoms with Crippen molar-refractivity contribution in [3.63, 3.8) is 0 Å². The quantitative estimate of drug-likeness (QED) is 0.673. The molecule has 0 spiro atoms. The van der Waals surface area contributed by atoms with E-state index in [1.165, 1.54) is 23.5 Å². The van der Waals surface area contributed by atoms with Crippen molar-refractivity contribution in [1.29, 1.82) is 0 Å². The molecule has 0 saturated carbocycles. The second kappa shape index (κ2) is 10.3. The lowest BCUT2D eigenvalue weighted by molar-refractivity contribution is -0.117. The van der Waals surface area contributed by atoms with E-state index in [-0.39, 0.29) is 17.3 Å². The molecule has 3 rings (SSSR count). The van der Waals surface area contributed by atoms with Gasteiger partial charge in [-0.05, 0) is 49.4 Å². The SMILES string of the molecule is COc1ccc(NC(=O)CN2CCCN(S(=O)(=O)c3ccc(Cl)cc3)CC2)c(OC)c1. The van der Waals surface area contributed by atoms with Gasteiger partial charge in [-0.15, -0.1) is 0 Å². The predicted molar refractivity (Wildman–Crippen MR) is 119 cm³/mol. The third-order valence-corrected chi connectivity index (χ3v) is 7.21. The van der Waals surface area contributed by atoms with Gasteiger partial charge in [0.2, 0.25) is 15.9 Å². The molecule has 0 unspecified atom stereocenters. The fourth-order valence-corrected chi connectivity index (χ4v) is 4.99. The number of anilines is 1. The van der Waals surface area contributed by atoms with Gasteiger partial charge in [-0.3, -0.25) is 9.69 Å². The van der Waals surface area contributed by atoms with Crippen molar-refractivity contribution in [3.8, 4) is 11.5 Å². The van der Waals surface area contributed by atoms with E-state index < -0.39 is 10.0 Å². The Kier molecular flexibility index (Phi) is 7.77. The Balaban J connectivity index is 1.60. The zero-order chi connectivity index (χ0) is 22.4. The Morgan fingerprint density at radius 2 is 1.77 bits per heavy atom. The molecule has 10 heteroatoms. The molecule has 0 bridgehead atoms. The van der Waals surface area contributed by atoms with E-state index in [2.05, 4.69) is 5.32 Å². The molecule has 1 fully saturated rings. The summed E-state index contributed by atoms with van der Waals surface area (Å²) in [5, 5.41) is 3.33. The van der Waals surface area contributed by atoms with Crippen molar-refractivity contribution in [3.05, 3.63) is 47.5 Å². The van der Waals surface area contributed by atoms with Crippen molar-refractivity contribution < 1.29 is 22.7 Å². The number of carbonyl (C=O) groups excluding carboxylic acids is 1. The van der Waals surface area contributed by atoms with E-state index in [1.807, 2.05) is 4.90 Å². The summed E-state index contributed by atoms with van der Waals surface area (Å²) >= 11 is 5.87. The highest BCUT2D eigenvalue weighted by molar-refractivity contribution is 7.89. The van der Waals surface area contributed by atoms with Gasteiger partial charge < -0.3 is 14.8 Å². The molecule has 0 aromatic heterocycles. The summed E-state index contributed by atoms with van der Waals surface area (Å²) in [5.41, 5.74) is 0.551. The molecule has 2 aromatic carbocycles. The molecule has 2 aromatic rings. The fourth-order valence-electron chi connectivity index (χ4n) is 3.40. The third kappa shape index (κ3) is 5.88. The second-order valence-electron chi connectivity index (χ2n) is 7.10. The number of carbonyl (C=O) groups is 1. The first-order valence-electron chi connectivity index (χ1n) is 9.83. The highest BCUT2D eigenvalue weighted by Crippen LogP contribution is 2.29. The average molecular weight is 468 g/mol. The van der Waals surface area contributed by atoms with Gasteiger partial charge in [-0.2, -0.15) is 4.31 Å². The number of methoxy groups -OCH3 is 2. The molecule has 168 valence electrons. The first-order chi connectivity index (χ1) is 14.8. The molecule has 1 amide bonds. The third-order valence-electron chi connectivity index (χ3n) is 5.05. The molecule has 1 aliphatic heterocycles. The number of ether oxygens (including phenoxy) is 2. The summed E-state index contributed by atoms with van der Waals surface area (Å²) < 4.78 is 37.7. The average Bonchev–Trinajstić information content (AvgIpc) is 3.00. The smallest absolute Gasteiger partial charge is 0.243 e. The van der Waals surface area contributed by atoms with Gasteiger partial charge >= 0.3 is 0 Å². The van der Waals surface area contributed by atoms with Crippen LogP contribution in [0.4, 0.5) is 5.69 Å². The van der Waals surface area contributed by atoms with Crippen LogP contribution >= 0.6 is 11.6 Å². The van der Waals surface area contributed by atoms with Crippen LogP contribution in [0.2, 0.25) is 5.02 Å². The number of sulfonamides is 1. The van der Waals surface area contributed by atoms with Crippen LogP contribution < -0.4 is 14.8 Å². The molecule has 0 radical (unpaired) electrons. The predicted octanol–water partition coefficient (Wildman–Crippen LogP) is 2.69. The van der Waals surface area contributed by atoms with Crippen LogP contribution in [0.15, 0.2) is 47.4 Å². The van der Waals surface area contributed by atoms with Gasteiger partial charge in [-0.1, -0.05) is 11.6 Å². The van der Waals surface area contributed by atoms with Gasteiger partial charge in [0.1, 0.15) is 11.5 Å². The normalized spacial score (nSPS) is 15.8. The summed E-state index contributed by atoms with van der Waals surface area (Å²) in [6.07, 6.45) is 0.631. The van der Waals surface area contributed by atoms with Gasteiger partial charge in [0.15, 0.2) is 0 Å². The number of rotatable bonds is 7. The molecule has 1 saturated heterocycles. The lowest BCUT2D eigenvalue weighted by Crippen LogP contribution is -2.38. The molecule has 8 nitrogen and oxygen atoms in total. The van der Waals surface area contributed by atoms with E-state index in [4.69, 9.17) is 21.1 Å². The van der Waals surface area contributed by atoms with Gasteiger partial charge in [0, 0.05) is 30.7 Å². The van der Waals surface area contributed by atoms with E-state index in [9.17, 15) is 13.2 Å². The van der Waals surface area contributed by atoms with Crippen molar-refractivity contribution >= 4 is 33.2 Å². The van der Waals surface area contributed by atoms with Crippen molar-refractivity contribution in [1.82, 2.24) is 9.21 Å². The maximum atomic E-state index is 12.9. The Morgan fingerprint density at radius 3 is 2.45 bits per heavy atom. The molecular formula is C21H26ClN3O5S. The van der Waals surface area contributed by atoms with Crippen molar-refractivity contribution in [2.75, 3.05) is 52.3 Å². The highest BCUT2D eigenvalue weighted by atomic mass is 35.5. The minimum absolute atomic E-state index is 0.157. The zero-order valence-electron chi connectivity index (χ0n) is 17.5. The maximum absolute atomic E-state index is 12.9. The van der Waals surface area contributed by atoms with E-state index >= 15 is 0 Å². The summed E-state index contributed by atoms with van der Waals surface area (Å²) in [5.74, 6) is 0.936. The molecule has 31 heavy (non-hydrogen) atoms.